The molecule has 0 aliphatic carbocycles. The van der Waals surface area contributed by atoms with E-state index < -0.39 is 34.5 Å². The van der Waals surface area contributed by atoms with E-state index >= 15 is 0 Å². The van der Waals surface area contributed by atoms with Crippen molar-refractivity contribution in [3.05, 3.63) is 68.3 Å². The molecule has 1 atom stereocenters. The Labute approximate surface area is 147 Å². The van der Waals surface area contributed by atoms with Gasteiger partial charge in [-0.3, -0.25) is 4.79 Å². The van der Waals surface area contributed by atoms with E-state index in [4.69, 9.17) is 0 Å². The highest BCUT2D eigenvalue weighted by atomic mass is 79.9. The van der Waals surface area contributed by atoms with Crippen LogP contribution in [0.3, 0.4) is 0 Å². The van der Waals surface area contributed by atoms with Gasteiger partial charge >= 0.3 is 10.5 Å². The van der Waals surface area contributed by atoms with Gasteiger partial charge in [0.25, 0.3) is 5.56 Å². The summed E-state index contributed by atoms with van der Waals surface area (Å²) in [5.41, 5.74) is -0.251. The molecule has 0 saturated heterocycles. The maximum absolute atomic E-state index is 13.1. The minimum atomic E-state index is -10.1. The summed E-state index contributed by atoms with van der Waals surface area (Å²) >= 11 is 2.96. The third-order valence-electron chi connectivity index (χ3n) is 3.18. The van der Waals surface area contributed by atoms with Crippen LogP contribution in [0.5, 0.6) is 0 Å². The lowest BCUT2D eigenvalue weighted by Crippen LogP contribution is -2.30. The molecule has 25 heavy (non-hydrogen) atoms. The lowest BCUT2D eigenvalue weighted by Gasteiger charge is -2.40. The van der Waals surface area contributed by atoms with E-state index in [-0.39, 0.29) is 10.0 Å². The first-order chi connectivity index (χ1) is 11.1. The van der Waals surface area contributed by atoms with Gasteiger partial charge in [0.15, 0.2) is 0 Å². The summed E-state index contributed by atoms with van der Waals surface area (Å²) in [4.78, 5) is 12.2. The Hall–Kier alpha value is -1.46. The maximum Gasteiger partial charge on any atom is 0.397 e. The molecule has 0 aliphatic heterocycles. The second-order valence-electron chi connectivity index (χ2n) is 5.33. The smallest absolute Gasteiger partial charge is 0.304 e. The van der Waals surface area contributed by atoms with Gasteiger partial charge in [0.1, 0.15) is 5.82 Å². The summed E-state index contributed by atoms with van der Waals surface area (Å²) < 4.78 is 79.7. The quantitative estimate of drug-likeness (QED) is 0.531. The molecule has 1 aromatic carbocycles. The van der Waals surface area contributed by atoms with Crippen molar-refractivity contribution in [2.24, 2.45) is 0 Å². The van der Waals surface area contributed by atoms with Crippen LogP contribution in [-0.2, 0) is 4.18 Å². The molecule has 0 bridgehead atoms. The molecule has 0 N–H and O–H groups in total. The predicted molar refractivity (Wildman–Crippen MR) is 86.8 cm³/mol. The molecule has 0 fully saturated rings. The van der Waals surface area contributed by atoms with Gasteiger partial charge in [-0.05, 0) is 52.2 Å². The van der Waals surface area contributed by atoms with Crippen LogP contribution in [-0.4, -0.2) is 11.2 Å². The molecule has 1 heterocycles. The van der Waals surface area contributed by atoms with Crippen molar-refractivity contribution in [1.29, 1.82) is 0 Å². The first-order valence-electron chi connectivity index (χ1n) is 6.68. The van der Waals surface area contributed by atoms with Crippen LogP contribution in [0.15, 0.2) is 45.8 Å². The zero-order chi connectivity index (χ0) is 19.1. The molecular weight excluding hydrogens is 440 g/mol. The molecule has 3 nitrogen and oxygen atoms in total. The largest absolute Gasteiger partial charge is 0.397 e. The first kappa shape index (κ1) is 19.9. The molecule has 0 amide bonds. The molecular formula is C14H12BrF6NO2S. The second kappa shape index (κ2) is 5.78. The second-order valence-corrected chi connectivity index (χ2v) is 8.21. The lowest BCUT2D eigenvalue weighted by atomic mass is 10.1. The van der Waals surface area contributed by atoms with Crippen molar-refractivity contribution in [1.82, 2.24) is 4.57 Å². The maximum atomic E-state index is 13.1. The summed E-state index contributed by atoms with van der Waals surface area (Å²) in [6.07, 6.45) is 1.20. The topological polar surface area (TPSA) is 31.2 Å². The van der Waals surface area contributed by atoms with Gasteiger partial charge in [-0.1, -0.05) is 31.6 Å². The minimum absolute atomic E-state index is 0.00264. The van der Waals surface area contributed by atoms with Crippen molar-refractivity contribution < 1.29 is 28.0 Å². The summed E-state index contributed by atoms with van der Waals surface area (Å²) in [7, 11) is -10.1. The predicted octanol–water partition coefficient (Wildman–Crippen LogP) is 5.88. The van der Waals surface area contributed by atoms with Gasteiger partial charge in [0.2, 0.25) is 0 Å². The molecule has 0 saturated carbocycles. The van der Waals surface area contributed by atoms with Crippen LogP contribution in [0, 0.1) is 12.7 Å². The van der Waals surface area contributed by atoms with Crippen molar-refractivity contribution in [3.8, 4) is 0 Å². The zero-order valence-electron chi connectivity index (χ0n) is 12.6. The molecule has 2 rings (SSSR count). The fraction of sp³-hybridized carbons (Fsp3) is 0.214. The molecule has 140 valence electrons. The van der Waals surface area contributed by atoms with Gasteiger partial charge in [0, 0.05) is 6.20 Å². The average Bonchev–Trinajstić information content (AvgIpc) is 2.43. The summed E-state index contributed by atoms with van der Waals surface area (Å²) in [6, 6.07) is 3.96. The Kier molecular flexibility index (Phi) is 4.59. The Morgan fingerprint density at radius 2 is 1.72 bits per heavy atom. The number of nitrogens with zero attached hydrogens (tertiary/aromatic N) is 1. The number of aromatic nitrogens is 1. The minimum Gasteiger partial charge on any atom is -0.304 e. The number of halogens is 7. The van der Waals surface area contributed by atoms with Gasteiger partial charge in [-0.25, -0.2) is 8.57 Å². The summed E-state index contributed by atoms with van der Waals surface area (Å²) in [6.45, 7) is 0.0211. The van der Waals surface area contributed by atoms with Gasteiger partial charge in [-0.2, -0.15) is 0 Å². The molecule has 1 unspecified atom stereocenters. The third-order valence-corrected chi connectivity index (χ3v) is 4.32. The average molecular weight is 452 g/mol. The Morgan fingerprint density at radius 3 is 2.24 bits per heavy atom. The number of hydrogen-bond donors (Lipinski definition) is 0. The Morgan fingerprint density at radius 1 is 1.16 bits per heavy atom. The van der Waals surface area contributed by atoms with Crippen LogP contribution >= 0.6 is 26.4 Å². The van der Waals surface area contributed by atoms with Gasteiger partial charge in [0.05, 0.1) is 17.1 Å². The van der Waals surface area contributed by atoms with E-state index in [1.165, 1.54) is 12.3 Å². The summed E-state index contributed by atoms with van der Waals surface area (Å²) in [5.74, 6) is -0.672. The first-order valence-corrected chi connectivity index (χ1v) is 9.35. The lowest BCUT2D eigenvalue weighted by molar-refractivity contribution is 0.139. The van der Waals surface area contributed by atoms with Crippen LogP contribution in [0.2, 0.25) is 0 Å². The highest BCUT2D eigenvalue weighted by Crippen LogP contribution is 2.98. The van der Waals surface area contributed by atoms with Crippen LogP contribution in [0.4, 0.5) is 23.8 Å². The van der Waals surface area contributed by atoms with E-state index in [0.717, 1.165) is 28.8 Å². The number of hydrogen-bond acceptors (Lipinski definition) is 2. The SMILES string of the molecule is Cc1cc(Br)c(=O)n(C(COS(F)(F)(F)(F)F)c2ccc(F)cc2)c1. The van der Waals surface area contributed by atoms with Crippen molar-refractivity contribution in [3.63, 3.8) is 0 Å². The number of pyridine rings is 1. The van der Waals surface area contributed by atoms with Gasteiger partial charge < -0.3 is 4.57 Å². The van der Waals surface area contributed by atoms with E-state index in [1.54, 1.807) is 6.92 Å². The highest BCUT2D eigenvalue weighted by Gasteiger charge is 2.66. The van der Waals surface area contributed by atoms with E-state index in [0.29, 0.717) is 5.56 Å². The number of aryl methyl sites for hydroxylation is 1. The zero-order valence-corrected chi connectivity index (χ0v) is 15.0. The molecule has 0 aliphatic rings. The monoisotopic (exact) mass is 451 g/mol. The van der Waals surface area contributed by atoms with E-state index in [9.17, 15) is 28.6 Å². The van der Waals surface area contributed by atoms with Crippen molar-refractivity contribution >= 4 is 26.4 Å². The molecule has 2 aromatic rings. The Balaban J connectivity index is 2.54. The standard InChI is InChI=1S/C14H12BrF6NO2S/c1-9-6-12(15)14(23)22(7-9)13(8-24-25(17,18,19,20)21)10-2-4-11(16)5-3-10/h2-7,13H,8H2,1H3. The van der Waals surface area contributed by atoms with Crippen molar-refractivity contribution in [2.45, 2.75) is 13.0 Å². The third kappa shape index (κ3) is 5.79. The fourth-order valence-electron chi connectivity index (χ4n) is 2.15. The van der Waals surface area contributed by atoms with Crippen molar-refractivity contribution in [2.75, 3.05) is 6.61 Å². The van der Waals surface area contributed by atoms with E-state index in [2.05, 4.69) is 20.1 Å². The van der Waals surface area contributed by atoms with E-state index in [1.807, 2.05) is 0 Å². The molecule has 0 spiro atoms. The summed E-state index contributed by atoms with van der Waals surface area (Å²) in [5, 5.41) is 0. The number of rotatable bonds is 5. The molecule has 0 radical (unpaired) electrons. The molecule has 11 heteroatoms. The van der Waals surface area contributed by atoms with Gasteiger partial charge in [-0.15, -0.1) is 0 Å². The fourth-order valence-corrected chi connectivity index (χ4v) is 3.10. The van der Waals surface area contributed by atoms with Crippen LogP contribution in [0.25, 0.3) is 0 Å². The number of benzene rings is 1. The Bertz CT molecular complexity index is 851. The molecule has 1 aromatic heterocycles. The van der Waals surface area contributed by atoms with Crippen LogP contribution in [0.1, 0.15) is 17.2 Å². The highest BCUT2D eigenvalue weighted by molar-refractivity contribution is 9.10. The van der Waals surface area contributed by atoms with Crippen LogP contribution < -0.4 is 5.56 Å². The normalized spacial score (nSPS) is 16.2.